The number of aromatic nitrogens is 2. The van der Waals surface area contributed by atoms with Gasteiger partial charge in [-0.15, -0.1) is 11.3 Å². The molecule has 0 aliphatic carbocycles. The number of likely N-dealkylation sites (N-methyl/N-ethyl adjacent to an activating group) is 1. The summed E-state index contributed by atoms with van der Waals surface area (Å²) in [7, 11) is 0. The maximum Gasteiger partial charge on any atom is 0.266 e. The quantitative estimate of drug-likeness (QED) is 0.623. The molecule has 3 aromatic rings. The zero-order valence-electron chi connectivity index (χ0n) is 17.3. The zero-order valence-corrected chi connectivity index (χ0v) is 18.9. The van der Waals surface area contributed by atoms with Gasteiger partial charge in [-0.05, 0) is 51.0 Å². The van der Waals surface area contributed by atoms with Crippen LogP contribution in [-0.4, -0.2) is 39.4 Å². The number of hydrogen-bond acceptors (Lipinski definition) is 5. The van der Waals surface area contributed by atoms with Crippen molar-refractivity contribution in [2.75, 3.05) is 18.4 Å². The van der Waals surface area contributed by atoms with Crippen LogP contribution >= 0.6 is 22.9 Å². The van der Waals surface area contributed by atoms with E-state index in [0.717, 1.165) is 16.9 Å². The summed E-state index contributed by atoms with van der Waals surface area (Å²) >= 11 is 7.28. The number of nitrogens with one attached hydrogen (secondary N) is 1. The fraction of sp³-hybridized carbons (Fsp3) is 0.333. The molecule has 30 heavy (non-hydrogen) atoms. The fourth-order valence-corrected chi connectivity index (χ4v) is 4.44. The minimum atomic E-state index is -0.328. The molecule has 0 bridgehead atoms. The van der Waals surface area contributed by atoms with Crippen molar-refractivity contribution in [1.29, 1.82) is 0 Å². The van der Waals surface area contributed by atoms with Crippen LogP contribution in [0.5, 0.6) is 0 Å². The van der Waals surface area contributed by atoms with E-state index in [0.29, 0.717) is 44.5 Å². The van der Waals surface area contributed by atoms with E-state index < -0.39 is 0 Å². The Morgan fingerprint density at radius 2 is 1.90 bits per heavy atom. The van der Waals surface area contributed by atoms with Gasteiger partial charge in [0.1, 0.15) is 11.4 Å². The van der Waals surface area contributed by atoms with Crippen LogP contribution in [0.25, 0.3) is 10.2 Å². The lowest BCUT2D eigenvalue weighted by molar-refractivity contribution is -0.131. The molecule has 9 heteroatoms. The SMILES string of the molecule is CCN(CC)C(=O)Cn1cnc2sc(C(=O)Nc3cccc(Cl)c3C)c(C)c2c1=O. The highest BCUT2D eigenvalue weighted by atomic mass is 35.5. The molecule has 3 rings (SSSR count). The second kappa shape index (κ2) is 8.97. The van der Waals surface area contributed by atoms with Crippen LogP contribution in [0.15, 0.2) is 29.3 Å². The van der Waals surface area contributed by atoms with Gasteiger partial charge >= 0.3 is 0 Å². The highest BCUT2D eigenvalue weighted by Gasteiger charge is 2.21. The molecule has 7 nitrogen and oxygen atoms in total. The lowest BCUT2D eigenvalue weighted by Gasteiger charge is -2.18. The topological polar surface area (TPSA) is 84.3 Å². The molecule has 0 spiro atoms. The van der Waals surface area contributed by atoms with Gasteiger partial charge in [0.15, 0.2) is 0 Å². The van der Waals surface area contributed by atoms with Crippen LogP contribution in [0.2, 0.25) is 5.02 Å². The molecule has 1 aromatic carbocycles. The van der Waals surface area contributed by atoms with Crippen LogP contribution in [0, 0.1) is 13.8 Å². The third-order valence-corrected chi connectivity index (χ3v) is 6.67. The number of hydrogen-bond donors (Lipinski definition) is 1. The summed E-state index contributed by atoms with van der Waals surface area (Å²) in [5.74, 6) is -0.475. The van der Waals surface area contributed by atoms with E-state index in [-0.39, 0.29) is 23.9 Å². The number of rotatable bonds is 6. The second-order valence-corrected chi connectivity index (χ2v) is 8.25. The molecule has 2 aromatic heterocycles. The number of aryl methyl sites for hydroxylation is 1. The largest absolute Gasteiger partial charge is 0.342 e. The first-order chi connectivity index (χ1) is 14.3. The fourth-order valence-electron chi connectivity index (χ4n) is 3.23. The smallest absolute Gasteiger partial charge is 0.266 e. The van der Waals surface area contributed by atoms with Crippen LogP contribution < -0.4 is 10.9 Å². The summed E-state index contributed by atoms with van der Waals surface area (Å²) < 4.78 is 1.30. The van der Waals surface area contributed by atoms with Gasteiger partial charge in [-0.25, -0.2) is 4.98 Å². The minimum absolute atomic E-state index is 0.0814. The average Bonchev–Trinajstić information content (AvgIpc) is 3.06. The number of carbonyl (C=O) groups is 2. The third kappa shape index (κ3) is 4.11. The molecule has 0 aliphatic rings. The standard InChI is InChI=1S/C21H23ClN4O3S/c1-5-25(6-2)16(27)10-26-11-23-20-17(21(26)29)13(4)18(30-20)19(28)24-15-9-7-8-14(22)12(15)3/h7-9,11H,5-6,10H2,1-4H3,(H,24,28). The van der Waals surface area contributed by atoms with Gasteiger partial charge in [-0.3, -0.25) is 19.0 Å². The molecule has 2 heterocycles. The first kappa shape index (κ1) is 22.0. The summed E-state index contributed by atoms with van der Waals surface area (Å²) in [5.41, 5.74) is 1.60. The Bertz CT molecular complexity index is 1180. The molecular weight excluding hydrogens is 424 g/mol. The van der Waals surface area contributed by atoms with Crippen LogP contribution in [-0.2, 0) is 11.3 Å². The molecule has 2 amide bonds. The molecule has 158 valence electrons. The molecular formula is C21H23ClN4O3S. The van der Waals surface area contributed by atoms with Gasteiger partial charge in [0.2, 0.25) is 5.91 Å². The summed E-state index contributed by atoms with van der Waals surface area (Å²) in [6.07, 6.45) is 1.37. The summed E-state index contributed by atoms with van der Waals surface area (Å²) in [5, 5.41) is 3.78. The first-order valence-electron chi connectivity index (χ1n) is 9.61. The summed E-state index contributed by atoms with van der Waals surface area (Å²) in [6.45, 7) is 8.39. The van der Waals surface area contributed by atoms with Crippen molar-refractivity contribution in [3.05, 3.63) is 55.9 Å². The zero-order chi connectivity index (χ0) is 22.0. The average molecular weight is 447 g/mol. The number of benzene rings is 1. The molecule has 0 saturated carbocycles. The Morgan fingerprint density at radius 1 is 1.20 bits per heavy atom. The Hall–Kier alpha value is -2.71. The minimum Gasteiger partial charge on any atom is -0.342 e. The monoisotopic (exact) mass is 446 g/mol. The summed E-state index contributed by atoms with van der Waals surface area (Å²) in [4.78, 5) is 45.1. The normalized spacial score (nSPS) is 11.0. The number of carbonyl (C=O) groups excluding carboxylic acids is 2. The van der Waals surface area contributed by atoms with Crippen LogP contribution in [0.1, 0.15) is 34.6 Å². The van der Waals surface area contributed by atoms with Gasteiger partial charge in [0.05, 0.1) is 16.6 Å². The molecule has 0 saturated heterocycles. The maximum atomic E-state index is 13.0. The van der Waals surface area contributed by atoms with Crippen molar-refractivity contribution in [3.63, 3.8) is 0 Å². The van der Waals surface area contributed by atoms with Gasteiger partial charge in [0.25, 0.3) is 11.5 Å². The van der Waals surface area contributed by atoms with Crippen LogP contribution in [0.4, 0.5) is 5.69 Å². The highest BCUT2D eigenvalue weighted by Crippen LogP contribution is 2.29. The molecule has 0 radical (unpaired) electrons. The molecule has 0 atom stereocenters. The van der Waals surface area contributed by atoms with E-state index in [4.69, 9.17) is 11.6 Å². The van der Waals surface area contributed by atoms with Crippen LogP contribution in [0.3, 0.4) is 0 Å². The van der Waals surface area contributed by atoms with Crippen molar-refractivity contribution in [2.45, 2.75) is 34.2 Å². The van der Waals surface area contributed by atoms with Gasteiger partial charge in [-0.2, -0.15) is 0 Å². The van der Waals surface area contributed by atoms with E-state index in [1.807, 2.05) is 20.8 Å². The molecule has 1 N–H and O–H groups in total. The third-order valence-electron chi connectivity index (χ3n) is 5.06. The number of amides is 2. The highest BCUT2D eigenvalue weighted by molar-refractivity contribution is 7.20. The predicted octanol–water partition coefficient (Wildman–Crippen LogP) is 3.85. The number of halogens is 1. The predicted molar refractivity (Wildman–Crippen MR) is 121 cm³/mol. The second-order valence-electron chi connectivity index (χ2n) is 6.85. The van der Waals surface area contributed by atoms with E-state index in [9.17, 15) is 14.4 Å². The van der Waals surface area contributed by atoms with Gasteiger partial charge < -0.3 is 10.2 Å². The van der Waals surface area contributed by atoms with Gasteiger partial charge in [-0.1, -0.05) is 17.7 Å². The van der Waals surface area contributed by atoms with E-state index >= 15 is 0 Å². The van der Waals surface area contributed by atoms with E-state index in [1.165, 1.54) is 10.9 Å². The number of thiophene rings is 1. The van der Waals surface area contributed by atoms with Crippen molar-refractivity contribution in [3.8, 4) is 0 Å². The Morgan fingerprint density at radius 3 is 2.57 bits per heavy atom. The summed E-state index contributed by atoms with van der Waals surface area (Å²) in [6, 6.07) is 5.28. The lowest BCUT2D eigenvalue weighted by Crippen LogP contribution is -2.36. The van der Waals surface area contributed by atoms with Crippen molar-refractivity contribution in [2.24, 2.45) is 0 Å². The molecule has 0 unspecified atom stereocenters. The lowest BCUT2D eigenvalue weighted by atomic mass is 10.1. The Balaban J connectivity index is 1.95. The van der Waals surface area contributed by atoms with E-state index in [2.05, 4.69) is 10.3 Å². The van der Waals surface area contributed by atoms with Crippen molar-refractivity contribution >= 4 is 50.7 Å². The van der Waals surface area contributed by atoms with Crippen molar-refractivity contribution in [1.82, 2.24) is 14.5 Å². The maximum absolute atomic E-state index is 13.0. The number of nitrogens with zero attached hydrogens (tertiary/aromatic N) is 3. The molecule has 0 fully saturated rings. The van der Waals surface area contributed by atoms with Gasteiger partial charge in [0, 0.05) is 23.8 Å². The Kier molecular flexibility index (Phi) is 6.58. The van der Waals surface area contributed by atoms with E-state index in [1.54, 1.807) is 30.0 Å². The Labute approximate surface area is 183 Å². The van der Waals surface area contributed by atoms with Crippen molar-refractivity contribution < 1.29 is 9.59 Å². The number of anilines is 1. The first-order valence-corrected chi connectivity index (χ1v) is 10.8. The number of fused-ring (bicyclic) bond motifs is 1. The molecule has 0 aliphatic heterocycles.